The Morgan fingerprint density at radius 1 is 0.450 bits per heavy atom. The highest BCUT2D eigenvalue weighted by Crippen LogP contribution is 2.54. The minimum atomic E-state index is 0.236. The average molecular weight is 638 g/mol. The van der Waals surface area contributed by atoms with E-state index in [0.717, 1.165) is 0 Å². The van der Waals surface area contributed by atoms with Gasteiger partial charge in [-0.2, -0.15) is 0 Å². The van der Waals surface area contributed by atoms with Gasteiger partial charge in [0.15, 0.2) is 0 Å². The lowest BCUT2D eigenvalue weighted by molar-refractivity contribution is 1.05. The summed E-state index contributed by atoms with van der Waals surface area (Å²) in [5.41, 5.74) is 16.4. The maximum absolute atomic E-state index is 3.89. The molecule has 0 bridgehead atoms. The molecule has 0 saturated heterocycles. The molecule has 0 aliphatic heterocycles. The first-order valence-electron chi connectivity index (χ1n) is 13.7. The van der Waals surface area contributed by atoms with Crippen molar-refractivity contribution in [3.05, 3.63) is 163 Å². The molecule has 188 valence electrons. The predicted molar refractivity (Wildman–Crippen MR) is 175 cm³/mol. The Kier molecular flexibility index (Phi) is 4.83. The molecule has 0 saturated carbocycles. The Morgan fingerprint density at radius 2 is 1.00 bits per heavy atom. The zero-order valence-corrected chi connectivity index (χ0v) is 24.6. The highest BCUT2D eigenvalue weighted by molar-refractivity contribution is 9.12. The van der Waals surface area contributed by atoms with Gasteiger partial charge in [-0.3, -0.25) is 0 Å². The summed E-state index contributed by atoms with van der Waals surface area (Å²) in [6.07, 6.45) is 22.9. The number of rotatable bonds is 2. The van der Waals surface area contributed by atoms with Crippen LogP contribution in [0.15, 0.2) is 142 Å². The van der Waals surface area contributed by atoms with Gasteiger partial charge in [-0.15, -0.1) is 0 Å². The van der Waals surface area contributed by atoms with Gasteiger partial charge in [0.25, 0.3) is 0 Å². The van der Waals surface area contributed by atoms with Gasteiger partial charge >= 0.3 is 0 Å². The highest BCUT2D eigenvalue weighted by Gasteiger charge is 2.42. The van der Waals surface area contributed by atoms with Crippen LogP contribution in [-0.2, 0) is 0 Å². The molecule has 2 unspecified atom stereocenters. The minimum absolute atomic E-state index is 0.236. The zero-order chi connectivity index (χ0) is 26.5. The van der Waals surface area contributed by atoms with Crippen molar-refractivity contribution < 1.29 is 0 Å². The summed E-state index contributed by atoms with van der Waals surface area (Å²) in [7, 11) is 0. The fraction of sp³-hybridized carbons (Fsp3) is 0.0526. The van der Waals surface area contributed by atoms with Gasteiger partial charge in [0.2, 0.25) is 0 Å². The summed E-state index contributed by atoms with van der Waals surface area (Å²) in [4.78, 5) is 0. The lowest BCUT2D eigenvalue weighted by Crippen LogP contribution is -2.24. The second-order valence-corrected chi connectivity index (χ2v) is 12.7. The summed E-state index contributed by atoms with van der Waals surface area (Å²) in [6.45, 7) is 0. The first-order chi connectivity index (χ1) is 19.7. The fourth-order valence-electron chi connectivity index (χ4n) is 7.65. The normalized spacial score (nSPS) is 22.4. The first-order valence-corrected chi connectivity index (χ1v) is 15.3. The van der Waals surface area contributed by atoms with Gasteiger partial charge in [0, 0.05) is 20.8 Å². The molecule has 0 aromatic heterocycles. The summed E-state index contributed by atoms with van der Waals surface area (Å²) in [5.74, 6) is 0.471. The van der Waals surface area contributed by atoms with E-state index in [1.807, 2.05) is 0 Å². The smallest absolute Gasteiger partial charge is 0.0363 e. The minimum Gasteiger partial charge on any atom is -0.0622 e. The van der Waals surface area contributed by atoms with Crippen LogP contribution in [0.5, 0.6) is 0 Å². The van der Waals surface area contributed by atoms with E-state index in [4.69, 9.17) is 0 Å². The SMILES string of the molecule is BrC1=CC=C2c3c(-c4ccccc4)c4c(c(-c5ccccc5)c3=C3C=CC=C1C23)C1=CC=CC2=C(Br)C=CC=4C12. The largest absolute Gasteiger partial charge is 0.0622 e. The topological polar surface area (TPSA) is 0 Å². The Morgan fingerprint density at radius 3 is 1.65 bits per heavy atom. The number of hydrogen-bond acceptors (Lipinski definition) is 0. The summed E-state index contributed by atoms with van der Waals surface area (Å²) in [6, 6.07) is 22.1. The molecule has 0 amide bonds. The van der Waals surface area contributed by atoms with E-state index in [-0.39, 0.29) is 11.8 Å². The maximum atomic E-state index is 3.89. The first kappa shape index (κ1) is 23.0. The average Bonchev–Trinajstić information content (AvgIpc) is 3.51. The third kappa shape index (κ3) is 2.91. The lowest BCUT2D eigenvalue weighted by atomic mass is 9.79. The van der Waals surface area contributed by atoms with Crippen LogP contribution in [0.3, 0.4) is 0 Å². The quantitative estimate of drug-likeness (QED) is 0.263. The molecule has 0 heterocycles. The van der Waals surface area contributed by atoms with Crippen molar-refractivity contribution in [3.8, 4) is 22.3 Å². The van der Waals surface area contributed by atoms with Gasteiger partial charge in [0.05, 0.1) is 0 Å². The molecule has 2 heteroatoms. The molecule has 3 aromatic carbocycles. The van der Waals surface area contributed by atoms with Crippen LogP contribution in [0.25, 0.3) is 44.5 Å². The van der Waals surface area contributed by atoms with E-state index in [9.17, 15) is 0 Å². The molecular weight excluding hydrogens is 616 g/mol. The molecular formula is C38H22Br2. The van der Waals surface area contributed by atoms with Crippen molar-refractivity contribution >= 4 is 54.2 Å². The molecule has 0 fully saturated rings. The molecule has 3 aromatic rings. The third-order valence-electron chi connectivity index (χ3n) is 9.12. The Labute approximate surface area is 250 Å². The number of fused-ring (bicyclic) bond motifs is 4. The molecule has 0 N–H and O–H groups in total. The third-order valence-corrected chi connectivity index (χ3v) is 10.6. The van der Waals surface area contributed by atoms with Crippen LogP contribution >= 0.6 is 31.9 Å². The van der Waals surface area contributed by atoms with Crippen molar-refractivity contribution in [1.82, 2.24) is 0 Å². The predicted octanol–water partition coefficient (Wildman–Crippen LogP) is 8.93. The number of hydrogen-bond donors (Lipinski definition) is 0. The van der Waals surface area contributed by atoms with Gasteiger partial charge in [-0.25, -0.2) is 0 Å². The van der Waals surface area contributed by atoms with E-state index in [2.05, 4.69) is 153 Å². The van der Waals surface area contributed by atoms with Crippen LogP contribution in [0, 0.1) is 11.8 Å². The summed E-state index contributed by atoms with van der Waals surface area (Å²) >= 11 is 7.77. The molecule has 6 aliphatic carbocycles. The Balaban J connectivity index is 1.57. The molecule has 0 radical (unpaired) electrons. The van der Waals surface area contributed by atoms with Crippen molar-refractivity contribution in [2.45, 2.75) is 0 Å². The maximum Gasteiger partial charge on any atom is 0.0363 e. The molecule has 9 rings (SSSR count). The number of halogens is 2. The van der Waals surface area contributed by atoms with E-state index in [1.54, 1.807) is 0 Å². The van der Waals surface area contributed by atoms with Gasteiger partial charge < -0.3 is 0 Å². The van der Waals surface area contributed by atoms with Crippen LogP contribution < -0.4 is 10.4 Å². The van der Waals surface area contributed by atoms with E-state index >= 15 is 0 Å². The van der Waals surface area contributed by atoms with E-state index in [0.29, 0.717) is 0 Å². The summed E-state index contributed by atoms with van der Waals surface area (Å²) in [5, 5.41) is 2.78. The second kappa shape index (κ2) is 8.39. The van der Waals surface area contributed by atoms with Crippen LogP contribution in [0.1, 0.15) is 11.1 Å². The standard InChI is InChI=1S/C38H22Br2/c39-29-19-17-27-33-23(29)13-7-15-25(33)35-31(21-9-3-1-4-10-21)36-26-16-8-14-24-30(40)20-18-28(34(24)26)38(36)32(37(27)35)22-11-5-2-6-12-22/h1-20,33-34H. The van der Waals surface area contributed by atoms with Crippen molar-refractivity contribution in [2.24, 2.45) is 11.8 Å². The Bertz CT molecular complexity index is 2090. The van der Waals surface area contributed by atoms with Gasteiger partial charge in [-0.1, -0.05) is 141 Å². The summed E-state index contributed by atoms with van der Waals surface area (Å²) < 4.78 is 2.35. The number of benzene rings is 3. The van der Waals surface area contributed by atoms with Gasteiger partial charge in [0.1, 0.15) is 0 Å². The molecule has 6 aliphatic rings. The molecule has 0 spiro atoms. The zero-order valence-electron chi connectivity index (χ0n) is 21.5. The van der Waals surface area contributed by atoms with Crippen LogP contribution in [0.2, 0.25) is 0 Å². The molecule has 0 nitrogen and oxygen atoms in total. The lowest BCUT2D eigenvalue weighted by Gasteiger charge is -2.26. The van der Waals surface area contributed by atoms with Crippen molar-refractivity contribution in [1.29, 1.82) is 0 Å². The van der Waals surface area contributed by atoms with Crippen LogP contribution in [0.4, 0.5) is 0 Å². The molecule has 40 heavy (non-hydrogen) atoms. The van der Waals surface area contributed by atoms with Gasteiger partial charge in [-0.05, 0) is 89.4 Å². The molecule has 2 atom stereocenters. The van der Waals surface area contributed by atoms with Crippen LogP contribution in [-0.4, -0.2) is 0 Å². The monoisotopic (exact) mass is 636 g/mol. The van der Waals surface area contributed by atoms with E-state index < -0.39 is 0 Å². The number of allylic oxidation sites excluding steroid dienone is 16. The highest BCUT2D eigenvalue weighted by atomic mass is 79.9. The fourth-order valence-corrected chi connectivity index (χ4v) is 8.64. The van der Waals surface area contributed by atoms with Crippen molar-refractivity contribution in [2.75, 3.05) is 0 Å². The Hall–Kier alpha value is -3.72. The second-order valence-electron chi connectivity index (χ2n) is 11.0. The van der Waals surface area contributed by atoms with Crippen molar-refractivity contribution in [3.63, 3.8) is 0 Å². The van der Waals surface area contributed by atoms with E-state index in [1.165, 1.54) is 86.2 Å².